The second-order valence-electron chi connectivity index (χ2n) is 4.13. The van der Waals surface area contributed by atoms with Gasteiger partial charge < -0.3 is 14.7 Å². The van der Waals surface area contributed by atoms with Crippen LogP contribution in [-0.4, -0.2) is 42.4 Å². The SMILES string of the molecule is O=[N+]([O-])c1cc(Cl)c(Cl)cc1N1CCOC(CO)C1. The number of hydrogen-bond donors (Lipinski definition) is 1. The summed E-state index contributed by atoms with van der Waals surface area (Å²) in [6.45, 7) is 1.12. The number of nitro benzene ring substituents is 1. The fourth-order valence-electron chi connectivity index (χ4n) is 1.97. The van der Waals surface area contributed by atoms with E-state index in [2.05, 4.69) is 0 Å². The molecule has 104 valence electrons. The Bertz CT molecular complexity index is 498. The van der Waals surface area contributed by atoms with Crippen molar-refractivity contribution in [2.45, 2.75) is 6.10 Å². The van der Waals surface area contributed by atoms with Gasteiger partial charge >= 0.3 is 0 Å². The van der Waals surface area contributed by atoms with Crippen LogP contribution in [0.3, 0.4) is 0 Å². The summed E-state index contributed by atoms with van der Waals surface area (Å²) in [5.74, 6) is 0. The topological polar surface area (TPSA) is 75.8 Å². The Morgan fingerprint density at radius 2 is 2.16 bits per heavy atom. The van der Waals surface area contributed by atoms with Crippen LogP contribution >= 0.6 is 23.2 Å². The summed E-state index contributed by atoms with van der Waals surface area (Å²) in [5.41, 5.74) is 0.286. The molecule has 1 heterocycles. The molecular formula is C11H12Cl2N2O4. The molecule has 19 heavy (non-hydrogen) atoms. The number of anilines is 1. The zero-order valence-electron chi connectivity index (χ0n) is 9.88. The molecule has 1 aromatic rings. The van der Waals surface area contributed by atoms with Crippen LogP contribution < -0.4 is 4.90 Å². The molecule has 1 aliphatic rings. The Labute approximate surface area is 119 Å². The normalized spacial score (nSPS) is 19.5. The summed E-state index contributed by atoms with van der Waals surface area (Å²) >= 11 is 11.7. The zero-order chi connectivity index (χ0) is 14.0. The third-order valence-corrected chi connectivity index (χ3v) is 3.62. The summed E-state index contributed by atoms with van der Waals surface area (Å²) in [5, 5.41) is 20.6. The highest BCUT2D eigenvalue weighted by atomic mass is 35.5. The molecule has 1 saturated heterocycles. The third kappa shape index (κ3) is 3.09. The summed E-state index contributed by atoms with van der Waals surface area (Å²) in [6, 6.07) is 2.71. The van der Waals surface area contributed by atoms with Crippen LogP contribution in [0.5, 0.6) is 0 Å². The first-order valence-electron chi connectivity index (χ1n) is 5.63. The van der Waals surface area contributed by atoms with Crippen molar-refractivity contribution in [3.8, 4) is 0 Å². The predicted octanol–water partition coefficient (Wildman–Crippen LogP) is 2.10. The van der Waals surface area contributed by atoms with E-state index < -0.39 is 4.92 Å². The molecule has 0 radical (unpaired) electrons. The van der Waals surface area contributed by atoms with Crippen LogP contribution in [-0.2, 0) is 4.74 Å². The third-order valence-electron chi connectivity index (χ3n) is 2.90. The lowest BCUT2D eigenvalue weighted by molar-refractivity contribution is -0.384. The van der Waals surface area contributed by atoms with Gasteiger partial charge in [0.2, 0.25) is 0 Å². The Hall–Kier alpha value is -1.08. The highest BCUT2D eigenvalue weighted by Gasteiger charge is 2.26. The van der Waals surface area contributed by atoms with Gasteiger partial charge in [-0.15, -0.1) is 0 Å². The van der Waals surface area contributed by atoms with Crippen molar-refractivity contribution in [3.05, 3.63) is 32.3 Å². The number of aliphatic hydroxyl groups excluding tert-OH is 1. The first-order chi connectivity index (χ1) is 9.02. The Balaban J connectivity index is 2.37. The van der Waals surface area contributed by atoms with Gasteiger partial charge in [0, 0.05) is 19.2 Å². The molecule has 0 aromatic heterocycles. The highest BCUT2D eigenvalue weighted by molar-refractivity contribution is 6.42. The maximum atomic E-state index is 11.1. The molecular weight excluding hydrogens is 295 g/mol. The number of nitro groups is 1. The Morgan fingerprint density at radius 1 is 1.47 bits per heavy atom. The number of ether oxygens (including phenoxy) is 1. The summed E-state index contributed by atoms with van der Waals surface area (Å²) in [4.78, 5) is 12.3. The molecule has 0 spiro atoms. The molecule has 0 aliphatic carbocycles. The molecule has 1 aliphatic heterocycles. The standard InChI is InChI=1S/C11H12Cl2N2O4/c12-8-3-10(11(15(17)18)4-9(8)13)14-1-2-19-7(5-14)6-16/h3-4,7,16H,1-2,5-6H2. The fraction of sp³-hybridized carbons (Fsp3) is 0.455. The maximum Gasteiger partial charge on any atom is 0.294 e. The molecule has 1 N–H and O–H groups in total. The van der Waals surface area contributed by atoms with Gasteiger partial charge in [0.1, 0.15) is 5.69 Å². The number of morpholine rings is 1. The largest absolute Gasteiger partial charge is 0.394 e. The maximum absolute atomic E-state index is 11.1. The summed E-state index contributed by atoms with van der Waals surface area (Å²) in [6.07, 6.45) is -0.359. The van der Waals surface area contributed by atoms with Crippen LogP contribution in [0.2, 0.25) is 10.0 Å². The van der Waals surface area contributed by atoms with Crippen molar-refractivity contribution in [2.24, 2.45) is 0 Å². The minimum Gasteiger partial charge on any atom is -0.394 e. The van der Waals surface area contributed by atoms with Crippen LogP contribution in [0.25, 0.3) is 0 Å². The van der Waals surface area contributed by atoms with Crippen molar-refractivity contribution in [2.75, 3.05) is 31.2 Å². The van der Waals surface area contributed by atoms with E-state index >= 15 is 0 Å². The quantitative estimate of drug-likeness (QED) is 0.683. The summed E-state index contributed by atoms with van der Waals surface area (Å²) < 4.78 is 5.31. The molecule has 0 bridgehead atoms. The first-order valence-corrected chi connectivity index (χ1v) is 6.39. The average molecular weight is 307 g/mol. The number of halogens is 2. The zero-order valence-corrected chi connectivity index (χ0v) is 11.4. The smallest absolute Gasteiger partial charge is 0.294 e. The van der Waals surface area contributed by atoms with Crippen molar-refractivity contribution in [3.63, 3.8) is 0 Å². The molecule has 8 heteroatoms. The number of rotatable bonds is 3. The van der Waals surface area contributed by atoms with Gasteiger partial charge in [-0.25, -0.2) is 0 Å². The van der Waals surface area contributed by atoms with E-state index in [1.807, 2.05) is 0 Å². The monoisotopic (exact) mass is 306 g/mol. The molecule has 0 amide bonds. The van der Waals surface area contributed by atoms with Crippen molar-refractivity contribution >= 4 is 34.6 Å². The van der Waals surface area contributed by atoms with Crippen LogP contribution in [0, 0.1) is 10.1 Å². The minimum atomic E-state index is -0.499. The van der Waals surface area contributed by atoms with Crippen LogP contribution in [0.4, 0.5) is 11.4 Å². The lowest BCUT2D eigenvalue weighted by Crippen LogP contribution is -2.44. The molecule has 1 atom stereocenters. The average Bonchev–Trinajstić information content (AvgIpc) is 2.41. The van der Waals surface area contributed by atoms with E-state index in [1.165, 1.54) is 12.1 Å². The first kappa shape index (κ1) is 14.3. The number of aliphatic hydroxyl groups is 1. The van der Waals surface area contributed by atoms with Gasteiger partial charge in [-0.05, 0) is 6.07 Å². The van der Waals surface area contributed by atoms with Crippen molar-refractivity contribution in [1.82, 2.24) is 0 Å². The van der Waals surface area contributed by atoms with E-state index in [1.54, 1.807) is 4.90 Å². The van der Waals surface area contributed by atoms with Gasteiger partial charge in [0.25, 0.3) is 5.69 Å². The van der Waals surface area contributed by atoms with Gasteiger partial charge in [0.05, 0.1) is 34.3 Å². The molecule has 0 saturated carbocycles. The highest BCUT2D eigenvalue weighted by Crippen LogP contribution is 2.36. The van der Waals surface area contributed by atoms with E-state index in [0.717, 1.165) is 0 Å². The van der Waals surface area contributed by atoms with Crippen molar-refractivity contribution < 1.29 is 14.8 Å². The molecule has 1 unspecified atom stereocenters. The summed E-state index contributed by atoms with van der Waals surface area (Å²) in [7, 11) is 0. The van der Waals surface area contributed by atoms with E-state index in [9.17, 15) is 10.1 Å². The predicted molar refractivity (Wildman–Crippen MR) is 72.2 cm³/mol. The second kappa shape index (κ2) is 5.92. The molecule has 1 aromatic carbocycles. The lowest BCUT2D eigenvalue weighted by atomic mass is 10.2. The molecule has 2 rings (SSSR count). The number of nitrogens with zero attached hydrogens (tertiary/aromatic N) is 2. The molecule has 1 fully saturated rings. The van der Waals surface area contributed by atoms with Gasteiger partial charge in [-0.1, -0.05) is 23.2 Å². The van der Waals surface area contributed by atoms with Gasteiger partial charge in [-0.2, -0.15) is 0 Å². The van der Waals surface area contributed by atoms with Crippen molar-refractivity contribution in [1.29, 1.82) is 0 Å². The van der Waals surface area contributed by atoms with E-state index in [-0.39, 0.29) is 28.4 Å². The van der Waals surface area contributed by atoms with E-state index in [4.69, 9.17) is 33.0 Å². The minimum absolute atomic E-state index is 0.104. The Morgan fingerprint density at radius 3 is 2.79 bits per heavy atom. The number of benzene rings is 1. The lowest BCUT2D eigenvalue weighted by Gasteiger charge is -2.33. The molecule has 6 nitrogen and oxygen atoms in total. The Kier molecular flexibility index (Phi) is 4.46. The second-order valence-corrected chi connectivity index (χ2v) is 4.95. The van der Waals surface area contributed by atoms with Crippen LogP contribution in [0.1, 0.15) is 0 Å². The van der Waals surface area contributed by atoms with Gasteiger partial charge in [-0.3, -0.25) is 10.1 Å². The number of hydrogen-bond acceptors (Lipinski definition) is 5. The fourth-order valence-corrected chi connectivity index (χ4v) is 2.29. The van der Waals surface area contributed by atoms with Gasteiger partial charge in [0.15, 0.2) is 0 Å². The van der Waals surface area contributed by atoms with Crippen LogP contribution in [0.15, 0.2) is 12.1 Å². The van der Waals surface area contributed by atoms with E-state index in [0.29, 0.717) is 25.4 Å².